The molecule has 0 spiro atoms. The number of hydrogen-bond donors (Lipinski definition) is 2. The number of anilines is 1. The third-order valence-corrected chi connectivity index (χ3v) is 5.27. The first-order valence-electron chi connectivity index (χ1n) is 7.89. The summed E-state index contributed by atoms with van der Waals surface area (Å²) in [5.41, 5.74) is 7.86. The molecule has 1 aliphatic rings. The molecule has 1 aliphatic carbocycles. The van der Waals surface area contributed by atoms with Crippen molar-refractivity contribution in [3.8, 4) is 0 Å². The number of nitrogens with one attached hydrogen (secondary N) is 1. The van der Waals surface area contributed by atoms with E-state index in [4.69, 9.17) is 5.73 Å². The second kappa shape index (κ2) is 10.1. The van der Waals surface area contributed by atoms with Crippen LogP contribution in [0.4, 0.5) is 5.69 Å². The molecular weight excluding hydrogens is 316 g/mol. The zero-order valence-electron chi connectivity index (χ0n) is 13.2. The Labute approximate surface area is 144 Å². The summed E-state index contributed by atoms with van der Waals surface area (Å²) in [6, 6.07) is 8.27. The van der Waals surface area contributed by atoms with Crippen LogP contribution < -0.4 is 11.1 Å². The molecule has 0 aromatic heterocycles. The van der Waals surface area contributed by atoms with Gasteiger partial charge in [-0.2, -0.15) is 11.8 Å². The fourth-order valence-electron chi connectivity index (χ4n) is 2.59. The number of amides is 1. The smallest absolute Gasteiger partial charge is 0.224 e. The summed E-state index contributed by atoms with van der Waals surface area (Å²) in [5, 5.41) is 3.79. The van der Waals surface area contributed by atoms with Gasteiger partial charge in [0.05, 0.1) is 0 Å². The summed E-state index contributed by atoms with van der Waals surface area (Å²) in [7, 11) is 0. The average molecular weight is 343 g/mol. The van der Waals surface area contributed by atoms with Gasteiger partial charge >= 0.3 is 0 Å². The molecule has 0 radical (unpaired) electrons. The van der Waals surface area contributed by atoms with Crippen LogP contribution in [0.5, 0.6) is 0 Å². The first kappa shape index (κ1) is 19.3. The summed E-state index contributed by atoms with van der Waals surface area (Å²) >= 11 is 2.05. The predicted octanol–water partition coefficient (Wildman–Crippen LogP) is 4.35. The van der Waals surface area contributed by atoms with Gasteiger partial charge in [-0.15, -0.1) is 12.4 Å². The second-order valence-electron chi connectivity index (χ2n) is 5.98. The van der Waals surface area contributed by atoms with E-state index in [1.54, 1.807) is 0 Å². The van der Waals surface area contributed by atoms with E-state index in [1.165, 1.54) is 31.2 Å². The normalized spacial score (nSPS) is 16.1. The lowest BCUT2D eigenvalue weighted by Crippen LogP contribution is -2.19. The van der Waals surface area contributed by atoms with Crippen molar-refractivity contribution in [3.05, 3.63) is 29.8 Å². The van der Waals surface area contributed by atoms with Crippen molar-refractivity contribution >= 4 is 35.8 Å². The molecule has 0 saturated heterocycles. The molecule has 2 rings (SSSR count). The lowest BCUT2D eigenvalue weighted by Gasteiger charge is -2.11. The molecular formula is C17H27ClN2OS. The topological polar surface area (TPSA) is 55.1 Å². The predicted molar refractivity (Wildman–Crippen MR) is 98.8 cm³/mol. The van der Waals surface area contributed by atoms with Gasteiger partial charge in [-0.3, -0.25) is 4.79 Å². The van der Waals surface area contributed by atoms with Crippen molar-refractivity contribution in [2.75, 3.05) is 5.32 Å². The molecule has 5 heteroatoms. The SMILES string of the molecule is CC(N)CCC(=O)Nc1cccc(CSC2CCCC2)c1.Cl. The quantitative estimate of drug-likeness (QED) is 0.774. The summed E-state index contributed by atoms with van der Waals surface area (Å²) in [6.07, 6.45) is 6.69. The molecule has 1 fully saturated rings. The van der Waals surface area contributed by atoms with E-state index in [0.29, 0.717) is 6.42 Å². The van der Waals surface area contributed by atoms with E-state index in [9.17, 15) is 4.79 Å². The zero-order valence-corrected chi connectivity index (χ0v) is 14.8. The number of nitrogens with two attached hydrogens (primary N) is 1. The van der Waals surface area contributed by atoms with Crippen LogP contribution in [0.25, 0.3) is 0 Å². The summed E-state index contributed by atoms with van der Waals surface area (Å²) < 4.78 is 0. The van der Waals surface area contributed by atoms with Gasteiger partial charge in [0, 0.05) is 29.2 Å². The van der Waals surface area contributed by atoms with Crippen molar-refractivity contribution in [2.24, 2.45) is 5.73 Å². The van der Waals surface area contributed by atoms with E-state index >= 15 is 0 Å². The van der Waals surface area contributed by atoms with Gasteiger partial charge < -0.3 is 11.1 Å². The summed E-state index contributed by atoms with van der Waals surface area (Å²) in [5.74, 6) is 1.08. The molecule has 1 atom stereocenters. The third-order valence-electron chi connectivity index (χ3n) is 3.83. The molecule has 1 unspecified atom stereocenters. The average Bonchev–Trinajstić information content (AvgIpc) is 2.97. The Balaban J connectivity index is 0.00000242. The van der Waals surface area contributed by atoms with Crippen LogP contribution in [0.3, 0.4) is 0 Å². The van der Waals surface area contributed by atoms with Crippen LogP contribution in [-0.4, -0.2) is 17.2 Å². The van der Waals surface area contributed by atoms with Crippen LogP contribution in [0.1, 0.15) is 51.0 Å². The van der Waals surface area contributed by atoms with Crippen LogP contribution in [0.2, 0.25) is 0 Å². The van der Waals surface area contributed by atoms with Gasteiger partial charge in [-0.1, -0.05) is 25.0 Å². The molecule has 124 valence electrons. The van der Waals surface area contributed by atoms with Gasteiger partial charge in [-0.05, 0) is 43.9 Å². The highest BCUT2D eigenvalue weighted by atomic mass is 35.5. The Bertz CT molecular complexity index is 462. The number of carbonyl (C=O) groups excluding carboxylic acids is 1. The molecule has 1 aromatic rings. The highest BCUT2D eigenvalue weighted by Gasteiger charge is 2.15. The minimum absolute atomic E-state index is 0. The molecule has 3 nitrogen and oxygen atoms in total. The first-order valence-corrected chi connectivity index (χ1v) is 8.94. The Morgan fingerprint density at radius 3 is 2.82 bits per heavy atom. The Morgan fingerprint density at radius 2 is 2.14 bits per heavy atom. The van der Waals surface area contributed by atoms with E-state index in [1.807, 2.05) is 30.8 Å². The van der Waals surface area contributed by atoms with E-state index in [-0.39, 0.29) is 24.4 Å². The van der Waals surface area contributed by atoms with Gasteiger partial charge in [-0.25, -0.2) is 0 Å². The standard InChI is InChI=1S/C17H26N2OS.ClH/c1-13(18)9-10-17(20)19-15-6-4-5-14(11-15)12-21-16-7-2-3-8-16;/h4-6,11,13,16H,2-3,7-10,12,18H2,1H3,(H,19,20);1H. The highest BCUT2D eigenvalue weighted by Crippen LogP contribution is 2.31. The van der Waals surface area contributed by atoms with Crippen molar-refractivity contribution in [2.45, 2.75) is 62.5 Å². The molecule has 0 heterocycles. The highest BCUT2D eigenvalue weighted by molar-refractivity contribution is 7.99. The largest absolute Gasteiger partial charge is 0.328 e. The second-order valence-corrected chi connectivity index (χ2v) is 7.27. The van der Waals surface area contributed by atoms with Crippen LogP contribution in [-0.2, 0) is 10.5 Å². The number of halogens is 1. The molecule has 22 heavy (non-hydrogen) atoms. The Hall–Kier alpha value is -0.710. The summed E-state index contributed by atoms with van der Waals surface area (Å²) in [4.78, 5) is 11.8. The molecule has 3 N–H and O–H groups in total. The monoisotopic (exact) mass is 342 g/mol. The van der Waals surface area contributed by atoms with E-state index < -0.39 is 0 Å². The molecule has 1 saturated carbocycles. The van der Waals surface area contributed by atoms with Crippen LogP contribution in [0.15, 0.2) is 24.3 Å². The Morgan fingerprint density at radius 1 is 1.41 bits per heavy atom. The fraction of sp³-hybridized carbons (Fsp3) is 0.588. The summed E-state index contributed by atoms with van der Waals surface area (Å²) in [6.45, 7) is 1.92. The van der Waals surface area contributed by atoms with Gasteiger partial charge in [0.15, 0.2) is 0 Å². The lowest BCUT2D eigenvalue weighted by molar-refractivity contribution is -0.116. The minimum Gasteiger partial charge on any atom is -0.328 e. The zero-order chi connectivity index (χ0) is 15.1. The maximum Gasteiger partial charge on any atom is 0.224 e. The van der Waals surface area contributed by atoms with Crippen molar-refractivity contribution < 1.29 is 4.79 Å². The van der Waals surface area contributed by atoms with Gasteiger partial charge in [0.25, 0.3) is 0 Å². The van der Waals surface area contributed by atoms with Gasteiger partial charge in [0.1, 0.15) is 0 Å². The number of rotatable bonds is 7. The Kier molecular flexibility index (Phi) is 8.91. The van der Waals surface area contributed by atoms with Crippen molar-refractivity contribution in [1.29, 1.82) is 0 Å². The number of hydrogen-bond acceptors (Lipinski definition) is 3. The molecule has 0 aliphatic heterocycles. The third kappa shape index (κ3) is 7.03. The van der Waals surface area contributed by atoms with Crippen molar-refractivity contribution in [3.63, 3.8) is 0 Å². The molecule has 1 aromatic carbocycles. The van der Waals surface area contributed by atoms with Crippen molar-refractivity contribution in [1.82, 2.24) is 0 Å². The fourth-order valence-corrected chi connectivity index (χ4v) is 3.86. The first-order chi connectivity index (χ1) is 10.1. The van der Waals surface area contributed by atoms with Crippen LogP contribution >= 0.6 is 24.2 Å². The number of benzene rings is 1. The lowest BCUT2D eigenvalue weighted by atomic mass is 10.2. The maximum absolute atomic E-state index is 11.8. The van der Waals surface area contributed by atoms with E-state index in [2.05, 4.69) is 17.4 Å². The molecule has 0 bridgehead atoms. The van der Waals surface area contributed by atoms with Gasteiger partial charge in [0.2, 0.25) is 5.91 Å². The van der Waals surface area contributed by atoms with Crippen LogP contribution in [0, 0.1) is 0 Å². The minimum atomic E-state index is 0. The number of carbonyl (C=O) groups is 1. The van der Waals surface area contributed by atoms with E-state index in [0.717, 1.165) is 23.1 Å². The molecule has 1 amide bonds. The maximum atomic E-state index is 11.8. The number of thioether (sulfide) groups is 1.